The number of carboxylic acid groups (broad SMARTS) is 2. The lowest BCUT2D eigenvalue weighted by Gasteiger charge is -2.42. The van der Waals surface area contributed by atoms with Crippen LogP contribution in [0.15, 0.2) is 48.6 Å². The average molecular weight is 390 g/mol. The maximum Gasteiger partial charge on any atom is 0.347 e. The van der Waals surface area contributed by atoms with E-state index in [0.29, 0.717) is 0 Å². The summed E-state index contributed by atoms with van der Waals surface area (Å²) in [5.74, 6) is -7.63. The lowest BCUT2D eigenvalue weighted by molar-refractivity contribution is -0.212. The highest BCUT2D eigenvalue weighted by atomic mass is 16.5. The first kappa shape index (κ1) is 21.5. The van der Waals surface area contributed by atoms with Crippen LogP contribution in [0.3, 0.4) is 0 Å². The second kappa shape index (κ2) is 6.96. The molecule has 2 rings (SSSR count). The number of carbonyl (C=O) groups excluding carboxylic acids is 2. The van der Waals surface area contributed by atoms with Crippen LogP contribution in [0.2, 0.25) is 0 Å². The van der Waals surface area contributed by atoms with Gasteiger partial charge >= 0.3 is 11.9 Å². The summed E-state index contributed by atoms with van der Waals surface area (Å²) in [7, 11) is 0. The Kier molecular flexibility index (Phi) is 5.33. The van der Waals surface area contributed by atoms with E-state index in [4.69, 9.17) is 0 Å². The van der Waals surface area contributed by atoms with Gasteiger partial charge < -0.3 is 20.4 Å². The van der Waals surface area contributed by atoms with Crippen molar-refractivity contribution in [3.05, 3.63) is 48.6 Å². The van der Waals surface area contributed by atoms with Gasteiger partial charge in [0.2, 0.25) is 0 Å². The van der Waals surface area contributed by atoms with Crippen molar-refractivity contribution in [1.82, 2.24) is 0 Å². The molecule has 0 saturated heterocycles. The number of carbonyl (C=O) groups is 4. The molecule has 0 saturated carbocycles. The van der Waals surface area contributed by atoms with Crippen LogP contribution in [0.1, 0.15) is 26.7 Å². The first-order valence-corrected chi connectivity index (χ1v) is 8.56. The molecule has 150 valence electrons. The SMILES string of the molecule is CC1(C(=O)C(O)(C(=O)O)C(O)(C(=O)O)C(=O)C2(C)C=CC=CC2)C=CC=CC1. The second-order valence-corrected chi connectivity index (χ2v) is 7.51. The van der Waals surface area contributed by atoms with Gasteiger partial charge in [0, 0.05) is 0 Å². The molecule has 0 spiro atoms. The van der Waals surface area contributed by atoms with Gasteiger partial charge in [-0.25, -0.2) is 9.59 Å². The van der Waals surface area contributed by atoms with E-state index in [1.807, 2.05) is 0 Å². The zero-order valence-corrected chi connectivity index (χ0v) is 15.5. The lowest BCUT2D eigenvalue weighted by Crippen LogP contribution is -2.75. The second-order valence-electron chi connectivity index (χ2n) is 7.51. The normalized spacial score (nSPS) is 30.3. The van der Waals surface area contributed by atoms with Crippen LogP contribution in [0.25, 0.3) is 0 Å². The highest BCUT2D eigenvalue weighted by Gasteiger charge is 2.73. The summed E-state index contributed by atoms with van der Waals surface area (Å²) in [6.07, 6.45) is 11.6. The summed E-state index contributed by atoms with van der Waals surface area (Å²) in [6.45, 7) is 2.59. The molecular weight excluding hydrogens is 368 g/mol. The molecule has 28 heavy (non-hydrogen) atoms. The Morgan fingerprint density at radius 2 is 1.04 bits per heavy atom. The standard InChI is InChI=1S/C20H22O8/c1-17(9-5-3-6-10-17)13(21)19(27,15(23)24)20(28,16(25)26)14(22)18(2)11-7-4-8-12-18/h3-9,11,27-28H,10,12H2,1-2H3,(H,23,24)(H,25,26). The number of carboxylic acids is 2. The first-order chi connectivity index (χ1) is 12.9. The fraction of sp³-hybridized carbons (Fsp3) is 0.400. The summed E-state index contributed by atoms with van der Waals surface area (Å²) >= 11 is 0. The maximum atomic E-state index is 13.1. The zero-order chi connectivity index (χ0) is 21.4. The van der Waals surface area contributed by atoms with Crippen molar-refractivity contribution in [3.8, 4) is 0 Å². The quantitative estimate of drug-likeness (QED) is 0.466. The van der Waals surface area contributed by atoms with Crippen LogP contribution in [-0.4, -0.2) is 55.1 Å². The van der Waals surface area contributed by atoms with Gasteiger partial charge in [0.15, 0.2) is 11.6 Å². The Bertz CT molecular complexity index is 780. The third-order valence-electron chi connectivity index (χ3n) is 5.34. The van der Waals surface area contributed by atoms with Gasteiger partial charge in [-0.2, -0.15) is 0 Å². The van der Waals surface area contributed by atoms with E-state index >= 15 is 0 Å². The van der Waals surface area contributed by atoms with Crippen LogP contribution < -0.4 is 0 Å². The fourth-order valence-corrected chi connectivity index (χ4v) is 3.45. The van der Waals surface area contributed by atoms with E-state index in [-0.39, 0.29) is 12.8 Å². The molecule has 4 unspecified atom stereocenters. The monoisotopic (exact) mass is 390 g/mol. The molecule has 0 amide bonds. The molecule has 0 aliphatic heterocycles. The molecule has 0 aromatic rings. The van der Waals surface area contributed by atoms with E-state index < -0.39 is 45.5 Å². The summed E-state index contributed by atoms with van der Waals surface area (Å²) in [5, 5.41) is 41.0. The minimum atomic E-state index is -3.90. The molecule has 0 heterocycles. The van der Waals surface area contributed by atoms with Crippen molar-refractivity contribution in [2.75, 3.05) is 0 Å². The molecule has 8 nitrogen and oxygen atoms in total. The van der Waals surface area contributed by atoms with Crippen LogP contribution in [0, 0.1) is 10.8 Å². The number of rotatable bonds is 7. The number of hydrogen-bond donors (Lipinski definition) is 4. The van der Waals surface area contributed by atoms with E-state index in [9.17, 15) is 39.6 Å². The minimum absolute atomic E-state index is 0.0400. The zero-order valence-electron chi connectivity index (χ0n) is 15.5. The van der Waals surface area contributed by atoms with Gasteiger partial charge in [0.1, 0.15) is 0 Å². The van der Waals surface area contributed by atoms with Gasteiger partial charge in [0.25, 0.3) is 11.2 Å². The summed E-state index contributed by atoms with van der Waals surface area (Å²) in [5.41, 5.74) is -11.1. The number of hydrogen-bond acceptors (Lipinski definition) is 6. The highest BCUT2D eigenvalue weighted by Crippen LogP contribution is 2.42. The molecule has 0 radical (unpaired) electrons. The Hall–Kier alpha value is -2.84. The van der Waals surface area contributed by atoms with E-state index in [1.54, 1.807) is 12.2 Å². The molecule has 4 atom stereocenters. The summed E-state index contributed by atoms with van der Waals surface area (Å²) in [4.78, 5) is 50.1. The molecule has 8 heteroatoms. The van der Waals surface area contributed by atoms with Gasteiger partial charge in [-0.3, -0.25) is 9.59 Å². The number of aliphatic carboxylic acids is 2. The molecule has 2 aliphatic carbocycles. The number of aliphatic hydroxyl groups is 2. The van der Waals surface area contributed by atoms with Crippen molar-refractivity contribution < 1.29 is 39.6 Å². The molecular formula is C20H22O8. The lowest BCUT2D eigenvalue weighted by atomic mass is 9.62. The molecule has 4 N–H and O–H groups in total. The number of Topliss-reactive ketones (excluding diaryl/α,β-unsaturated/α-hetero) is 2. The Labute approximate surface area is 161 Å². The Balaban J connectivity index is 2.68. The Morgan fingerprint density at radius 3 is 1.25 bits per heavy atom. The summed E-state index contributed by atoms with van der Waals surface area (Å²) in [6, 6.07) is 0. The Morgan fingerprint density at radius 1 is 0.714 bits per heavy atom. The highest BCUT2D eigenvalue weighted by molar-refractivity contribution is 6.24. The maximum absolute atomic E-state index is 13.1. The van der Waals surface area contributed by atoms with Crippen molar-refractivity contribution in [3.63, 3.8) is 0 Å². The van der Waals surface area contributed by atoms with E-state index in [1.165, 1.54) is 50.3 Å². The van der Waals surface area contributed by atoms with Crippen molar-refractivity contribution in [2.24, 2.45) is 10.8 Å². The predicted octanol–water partition coefficient (Wildman–Crippen LogP) is 0.801. The van der Waals surface area contributed by atoms with Crippen LogP contribution in [-0.2, 0) is 19.2 Å². The molecule has 0 bridgehead atoms. The third-order valence-corrected chi connectivity index (χ3v) is 5.34. The average Bonchev–Trinajstić information content (AvgIpc) is 2.66. The van der Waals surface area contributed by atoms with Gasteiger partial charge in [0.05, 0.1) is 10.8 Å². The summed E-state index contributed by atoms with van der Waals surface area (Å²) < 4.78 is 0. The van der Waals surface area contributed by atoms with Crippen LogP contribution in [0.4, 0.5) is 0 Å². The van der Waals surface area contributed by atoms with Crippen molar-refractivity contribution in [2.45, 2.75) is 37.9 Å². The van der Waals surface area contributed by atoms with Crippen LogP contribution in [0.5, 0.6) is 0 Å². The topological polar surface area (TPSA) is 149 Å². The van der Waals surface area contributed by atoms with Crippen molar-refractivity contribution in [1.29, 1.82) is 0 Å². The molecule has 2 aliphatic rings. The number of allylic oxidation sites excluding steroid dienone is 8. The molecule has 0 fully saturated rings. The van der Waals surface area contributed by atoms with Gasteiger partial charge in [-0.1, -0.05) is 48.6 Å². The van der Waals surface area contributed by atoms with Gasteiger partial charge in [-0.15, -0.1) is 0 Å². The largest absolute Gasteiger partial charge is 0.479 e. The van der Waals surface area contributed by atoms with Crippen LogP contribution >= 0.6 is 0 Å². The van der Waals surface area contributed by atoms with E-state index in [0.717, 1.165) is 0 Å². The smallest absolute Gasteiger partial charge is 0.347 e. The van der Waals surface area contributed by atoms with Gasteiger partial charge in [-0.05, 0) is 26.7 Å². The number of ketones is 2. The minimum Gasteiger partial charge on any atom is -0.479 e. The van der Waals surface area contributed by atoms with Crippen molar-refractivity contribution >= 4 is 23.5 Å². The predicted molar refractivity (Wildman–Crippen MR) is 97.2 cm³/mol. The molecule has 0 aromatic carbocycles. The molecule has 0 aromatic heterocycles. The third kappa shape index (κ3) is 2.94. The van der Waals surface area contributed by atoms with E-state index in [2.05, 4.69) is 0 Å². The first-order valence-electron chi connectivity index (χ1n) is 8.56. The fourth-order valence-electron chi connectivity index (χ4n) is 3.45.